The molecule has 1 aliphatic rings. The van der Waals surface area contributed by atoms with Crippen molar-refractivity contribution >= 4 is 24.0 Å². The van der Waals surface area contributed by atoms with Gasteiger partial charge in [-0.2, -0.15) is 0 Å². The van der Waals surface area contributed by atoms with Gasteiger partial charge in [0.25, 0.3) is 5.91 Å². The number of benzene rings is 1. The van der Waals surface area contributed by atoms with E-state index >= 15 is 0 Å². The van der Waals surface area contributed by atoms with Crippen molar-refractivity contribution in [3.05, 3.63) is 29.8 Å². The van der Waals surface area contributed by atoms with E-state index in [1.807, 2.05) is 43.3 Å². The average molecular weight is 284 g/mol. The van der Waals surface area contributed by atoms with Crippen LogP contribution < -0.4 is 15.5 Å². The third-order valence-corrected chi connectivity index (χ3v) is 3.32. The molecule has 0 bridgehead atoms. The van der Waals surface area contributed by atoms with Crippen molar-refractivity contribution in [3.63, 3.8) is 0 Å². The lowest BCUT2D eigenvalue weighted by Crippen LogP contribution is -2.42. The van der Waals surface area contributed by atoms with Crippen LogP contribution in [0.5, 0.6) is 0 Å². The molecule has 0 aliphatic carbocycles. The molecule has 1 aromatic carbocycles. The third kappa shape index (κ3) is 4.40. The van der Waals surface area contributed by atoms with Crippen molar-refractivity contribution in [2.24, 2.45) is 0 Å². The summed E-state index contributed by atoms with van der Waals surface area (Å²) in [5.74, 6) is 0.0345. The van der Waals surface area contributed by atoms with Gasteiger partial charge in [-0.1, -0.05) is 0 Å². The lowest BCUT2D eigenvalue weighted by molar-refractivity contribution is 0.0929. The molecular weight excluding hydrogens is 262 g/mol. The highest BCUT2D eigenvalue weighted by Gasteiger charge is 2.16. The van der Waals surface area contributed by atoms with E-state index in [1.165, 1.54) is 0 Å². The molecule has 0 spiro atoms. The van der Waals surface area contributed by atoms with Crippen LogP contribution in [0, 0.1) is 0 Å². The second-order valence-corrected chi connectivity index (χ2v) is 4.94. The number of carbonyl (C=O) groups is 1. The lowest BCUT2D eigenvalue weighted by Gasteiger charge is -2.23. The number of amides is 1. The average Bonchev–Trinajstić information content (AvgIpc) is 2.40. The van der Waals surface area contributed by atoms with E-state index in [9.17, 15) is 4.79 Å². The van der Waals surface area contributed by atoms with Crippen LogP contribution in [0.1, 0.15) is 23.2 Å². The molecule has 5 heteroatoms. The normalized spacial score (nSPS) is 15.5. The van der Waals surface area contributed by atoms with Gasteiger partial charge in [0.15, 0.2) is 0 Å². The minimum absolute atomic E-state index is 0. The van der Waals surface area contributed by atoms with Gasteiger partial charge >= 0.3 is 0 Å². The van der Waals surface area contributed by atoms with Crippen LogP contribution in [0.25, 0.3) is 0 Å². The molecule has 0 atom stereocenters. The van der Waals surface area contributed by atoms with E-state index in [4.69, 9.17) is 0 Å². The van der Waals surface area contributed by atoms with Crippen molar-refractivity contribution < 1.29 is 4.79 Å². The van der Waals surface area contributed by atoms with Crippen LogP contribution in [-0.2, 0) is 0 Å². The Balaban J connectivity index is 0.00000180. The molecule has 1 saturated heterocycles. The number of anilines is 1. The van der Waals surface area contributed by atoms with Gasteiger partial charge in [0, 0.05) is 31.4 Å². The van der Waals surface area contributed by atoms with Crippen LogP contribution in [0.2, 0.25) is 0 Å². The van der Waals surface area contributed by atoms with Crippen LogP contribution in [-0.4, -0.2) is 39.1 Å². The van der Waals surface area contributed by atoms with Gasteiger partial charge in [-0.15, -0.1) is 12.4 Å². The number of hydrogen-bond acceptors (Lipinski definition) is 3. The maximum Gasteiger partial charge on any atom is 0.251 e. The number of nitrogens with zero attached hydrogens (tertiary/aromatic N) is 1. The summed E-state index contributed by atoms with van der Waals surface area (Å²) >= 11 is 0. The van der Waals surface area contributed by atoms with E-state index in [2.05, 4.69) is 10.6 Å². The smallest absolute Gasteiger partial charge is 0.251 e. The zero-order chi connectivity index (χ0) is 13.0. The van der Waals surface area contributed by atoms with Crippen molar-refractivity contribution in [3.8, 4) is 0 Å². The molecular formula is C14H22ClN3O. The van der Waals surface area contributed by atoms with Crippen LogP contribution in [0.3, 0.4) is 0 Å². The number of piperidine rings is 1. The summed E-state index contributed by atoms with van der Waals surface area (Å²) < 4.78 is 0. The molecule has 1 aliphatic heterocycles. The molecule has 1 fully saturated rings. The van der Waals surface area contributed by atoms with Gasteiger partial charge in [-0.3, -0.25) is 4.79 Å². The Morgan fingerprint density at radius 3 is 2.32 bits per heavy atom. The lowest BCUT2D eigenvalue weighted by atomic mass is 10.1. The van der Waals surface area contributed by atoms with E-state index in [0.717, 1.165) is 37.2 Å². The number of hydrogen-bond donors (Lipinski definition) is 2. The first-order valence-corrected chi connectivity index (χ1v) is 6.46. The molecule has 1 amide bonds. The Labute approximate surface area is 121 Å². The summed E-state index contributed by atoms with van der Waals surface area (Å²) in [7, 11) is 3.98. The van der Waals surface area contributed by atoms with Gasteiger partial charge in [0.05, 0.1) is 0 Å². The zero-order valence-corrected chi connectivity index (χ0v) is 12.3. The molecule has 0 saturated carbocycles. The fourth-order valence-corrected chi connectivity index (χ4v) is 2.15. The molecule has 2 N–H and O–H groups in total. The van der Waals surface area contributed by atoms with Crippen LogP contribution in [0.4, 0.5) is 5.69 Å². The maximum atomic E-state index is 12.0. The van der Waals surface area contributed by atoms with Gasteiger partial charge in [0.2, 0.25) is 0 Å². The summed E-state index contributed by atoms with van der Waals surface area (Å²) in [4.78, 5) is 14.1. The highest BCUT2D eigenvalue weighted by molar-refractivity contribution is 5.94. The number of carbonyl (C=O) groups excluding carboxylic acids is 1. The van der Waals surface area contributed by atoms with Gasteiger partial charge in [-0.05, 0) is 50.2 Å². The topological polar surface area (TPSA) is 44.4 Å². The predicted molar refractivity (Wildman–Crippen MR) is 81.4 cm³/mol. The molecule has 2 rings (SSSR count). The largest absolute Gasteiger partial charge is 0.378 e. The first-order chi connectivity index (χ1) is 8.66. The second-order valence-electron chi connectivity index (χ2n) is 4.94. The quantitative estimate of drug-likeness (QED) is 0.887. The summed E-state index contributed by atoms with van der Waals surface area (Å²) in [6, 6.07) is 8.01. The van der Waals surface area contributed by atoms with E-state index < -0.39 is 0 Å². The number of rotatable bonds is 3. The summed E-state index contributed by atoms with van der Waals surface area (Å²) in [5, 5.41) is 6.38. The van der Waals surface area contributed by atoms with Crippen molar-refractivity contribution in [2.75, 3.05) is 32.1 Å². The Bertz CT molecular complexity index is 400. The van der Waals surface area contributed by atoms with Gasteiger partial charge in [-0.25, -0.2) is 0 Å². The van der Waals surface area contributed by atoms with Crippen molar-refractivity contribution in [1.29, 1.82) is 0 Å². The molecule has 1 aromatic rings. The predicted octanol–water partition coefficient (Wildman–Crippen LogP) is 1.66. The standard InChI is InChI=1S/C14H21N3O.ClH/c1-17(2)13-5-3-11(4-6-13)14(18)16-12-7-9-15-10-8-12;/h3-6,12,15H,7-10H2,1-2H3,(H,16,18);1H. The minimum atomic E-state index is 0. The SMILES string of the molecule is CN(C)c1ccc(C(=O)NC2CCNCC2)cc1.Cl. The molecule has 0 aromatic heterocycles. The first-order valence-electron chi connectivity index (χ1n) is 6.46. The Hall–Kier alpha value is -1.26. The van der Waals surface area contributed by atoms with Gasteiger partial charge in [0.1, 0.15) is 0 Å². The Morgan fingerprint density at radius 2 is 1.79 bits per heavy atom. The van der Waals surface area contributed by atoms with E-state index in [0.29, 0.717) is 6.04 Å². The maximum absolute atomic E-state index is 12.0. The summed E-state index contributed by atoms with van der Waals surface area (Å²) in [5.41, 5.74) is 1.84. The molecule has 1 heterocycles. The Morgan fingerprint density at radius 1 is 1.21 bits per heavy atom. The molecule has 0 radical (unpaired) electrons. The fourth-order valence-electron chi connectivity index (χ4n) is 2.15. The highest BCUT2D eigenvalue weighted by atomic mass is 35.5. The monoisotopic (exact) mass is 283 g/mol. The molecule has 106 valence electrons. The van der Waals surface area contributed by atoms with E-state index in [1.54, 1.807) is 0 Å². The number of nitrogens with one attached hydrogen (secondary N) is 2. The number of halogens is 1. The highest BCUT2D eigenvalue weighted by Crippen LogP contribution is 2.12. The second kappa shape index (κ2) is 7.36. The van der Waals surface area contributed by atoms with Gasteiger partial charge < -0.3 is 15.5 Å². The van der Waals surface area contributed by atoms with Crippen molar-refractivity contribution in [1.82, 2.24) is 10.6 Å². The zero-order valence-electron chi connectivity index (χ0n) is 11.5. The van der Waals surface area contributed by atoms with Crippen LogP contribution >= 0.6 is 12.4 Å². The third-order valence-electron chi connectivity index (χ3n) is 3.32. The molecule has 0 unspecified atom stereocenters. The minimum Gasteiger partial charge on any atom is -0.378 e. The molecule has 19 heavy (non-hydrogen) atoms. The first kappa shape index (κ1) is 15.8. The Kier molecular flexibility index (Phi) is 6.12. The molecule has 4 nitrogen and oxygen atoms in total. The summed E-state index contributed by atoms with van der Waals surface area (Å²) in [6.45, 7) is 1.98. The van der Waals surface area contributed by atoms with Crippen LogP contribution in [0.15, 0.2) is 24.3 Å². The summed E-state index contributed by atoms with van der Waals surface area (Å²) in [6.07, 6.45) is 2.03. The van der Waals surface area contributed by atoms with E-state index in [-0.39, 0.29) is 18.3 Å². The van der Waals surface area contributed by atoms with Crippen molar-refractivity contribution in [2.45, 2.75) is 18.9 Å². The fraction of sp³-hybridized carbons (Fsp3) is 0.500.